The summed E-state index contributed by atoms with van der Waals surface area (Å²) >= 11 is 0. The molecule has 2 aromatic carbocycles. The predicted octanol–water partition coefficient (Wildman–Crippen LogP) is 6.24. The summed E-state index contributed by atoms with van der Waals surface area (Å²) in [5.41, 5.74) is 1.20. The zero-order chi connectivity index (χ0) is 23.2. The molecular weight excluding hydrogens is 414 g/mol. The lowest BCUT2D eigenvalue weighted by Gasteiger charge is -2.16. The molecule has 0 bridgehead atoms. The van der Waals surface area contributed by atoms with Gasteiger partial charge >= 0.3 is 0 Å². The largest absolute Gasteiger partial charge is 0.508 e. The lowest BCUT2D eigenvalue weighted by atomic mass is 10.00. The fraction of sp³-hybridized carbons (Fsp3) is 0.538. The molecule has 1 unspecified atom stereocenters. The number of ether oxygens (including phenoxy) is 1. The van der Waals surface area contributed by atoms with E-state index in [1.54, 1.807) is 30.3 Å². The summed E-state index contributed by atoms with van der Waals surface area (Å²) in [6, 6.07) is 12.7. The minimum absolute atomic E-state index is 0.0394. The highest BCUT2D eigenvalue weighted by Gasteiger charge is 2.30. The van der Waals surface area contributed by atoms with Crippen molar-refractivity contribution in [2.24, 2.45) is 0 Å². The Morgan fingerprint density at radius 1 is 0.844 bits per heavy atom. The van der Waals surface area contributed by atoms with Crippen molar-refractivity contribution < 1.29 is 28.8 Å². The molecule has 0 heterocycles. The number of benzene rings is 2. The Labute approximate surface area is 189 Å². The molecule has 0 spiro atoms. The molecule has 0 fully saturated rings. The number of unbranched alkanes of at least 4 members (excludes halogenated alkanes) is 5. The second-order valence-electron chi connectivity index (χ2n) is 8.26. The standard InChI is InChI=1S/C26H36F2O4/c27-26(28,23-11-6-5-7-12-23)16-10-18-32-17-9-4-2-1-3-8-13-24(30)21-14-15-25(31)22(19-21)20-29/h5-7,11-12,14-15,19,24,29-31H,1-4,8-10,13,16-18,20H2. The molecule has 32 heavy (non-hydrogen) atoms. The highest BCUT2D eigenvalue weighted by molar-refractivity contribution is 5.36. The van der Waals surface area contributed by atoms with Crippen molar-refractivity contribution in [1.82, 2.24) is 0 Å². The minimum atomic E-state index is -2.80. The normalized spacial score (nSPS) is 12.8. The van der Waals surface area contributed by atoms with Gasteiger partial charge in [0.25, 0.3) is 5.92 Å². The highest BCUT2D eigenvalue weighted by atomic mass is 19.3. The number of hydrogen-bond acceptors (Lipinski definition) is 4. The van der Waals surface area contributed by atoms with E-state index in [0.717, 1.165) is 38.5 Å². The molecule has 178 valence electrons. The summed E-state index contributed by atoms with van der Waals surface area (Å²) in [5, 5.41) is 29.0. The Kier molecular flexibility index (Phi) is 11.6. The maximum Gasteiger partial charge on any atom is 0.273 e. The second kappa shape index (κ2) is 14.2. The molecule has 2 aromatic rings. The number of halogens is 2. The van der Waals surface area contributed by atoms with E-state index in [1.165, 1.54) is 18.2 Å². The van der Waals surface area contributed by atoms with Crippen LogP contribution in [0, 0.1) is 0 Å². The summed E-state index contributed by atoms with van der Waals surface area (Å²) in [6.07, 6.45) is 6.25. The van der Waals surface area contributed by atoms with Gasteiger partial charge in [-0.2, -0.15) is 0 Å². The Hall–Kier alpha value is -2.02. The van der Waals surface area contributed by atoms with E-state index in [4.69, 9.17) is 4.74 Å². The lowest BCUT2D eigenvalue weighted by molar-refractivity contribution is -0.0226. The van der Waals surface area contributed by atoms with Crippen LogP contribution in [0.5, 0.6) is 5.75 Å². The van der Waals surface area contributed by atoms with Gasteiger partial charge in [0.2, 0.25) is 0 Å². The van der Waals surface area contributed by atoms with Gasteiger partial charge in [-0.3, -0.25) is 0 Å². The maximum atomic E-state index is 14.0. The van der Waals surface area contributed by atoms with Gasteiger partial charge in [0.15, 0.2) is 0 Å². The third-order valence-electron chi connectivity index (χ3n) is 5.65. The molecular formula is C26H36F2O4. The molecule has 1 atom stereocenters. The topological polar surface area (TPSA) is 69.9 Å². The quantitative estimate of drug-likeness (QED) is 0.265. The van der Waals surface area contributed by atoms with E-state index >= 15 is 0 Å². The van der Waals surface area contributed by atoms with Gasteiger partial charge in [0.1, 0.15) is 5.75 Å². The number of hydrogen-bond donors (Lipinski definition) is 3. The van der Waals surface area contributed by atoms with Crippen LogP contribution < -0.4 is 0 Å². The van der Waals surface area contributed by atoms with Crippen LogP contribution in [0.2, 0.25) is 0 Å². The number of alkyl halides is 2. The van der Waals surface area contributed by atoms with Gasteiger partial charge in [-0.1, -0.05) is 68.5 Å². The van der Waals surface area contributed by atoms with Crippen LogP contribution in [0.15, 0.2) is 48.5 Å². The molecule has 6 heteroatoms. The highest BCUT2D eigenvalue weighted by Crippen LogP contribution is 2.32. The Bertz CT molecular complexity index is 768. The number of rotatable bonds is 16. The average Bonchev–Trinajstić information content (AvgIpc) is 2.80. The number of phenols is 1. The average molecular weight is 451 g/mol. The second-order valence-corrected chi connectivity index (χ2v) is 8.26. The van der Waals surface area contributed by atoms with Gasteiger partial charge in [-0.05, 0) is 37.0 Å². The van der Waals surface area contributed by atoms with Gasteiger partial charge in [-0.15, -0.1) is 0 Å². The molecule has 0 aliphatic heterocycles. The zero-order valence-electron chi connectivity index (χ0n) is 18.7. The van der Waals surface area contributed by atoms with E-state index in [1.807, 2.05) is 0 Å². The first-order chi connectivity index (χ1) is 15.4. The molecule has 0 saturated carbocycles. The van der Waals surface area contributed by atoms with Crippen LogP contribution in [-0.4, -0.2) is 28.5 Å². The molecule has 0 saturated heterocycles. The molecule has 3 N–H and O–H groups in total. The van der Waals surface area contributed by atoms with E-state index in [-0.39, 0.29) is 24.3 Å². The van der Waals surface area contributed by atoms with Crippen molar-refractivity contribution >= 4 is 0 Å². The van der Waals surface area contributed by atoms with Crippen LogP contribution in [-0.2, 0) is 17.3 Å². The number of aromatic hydroxyl groups is 1. The van der Waals surface area contributed by atoms with Crippen molar-refractivity contribution in [2.75, 3.05) is 13.2 Å². The summed E-state index contributed by atoms with van der Waals surface area (Å²) in [5.74, 6) is -2.76. The van der Waals surface area contributed by atoms with Crippen LogP contribution in [0.4, 0.5) is 8.78 Å². The Morgan fingerprint density at radius 2 is 1.50 bits per heavy atom. The first-order valence-corrected chi connectivity index (χ1v) is 11.6. The van der Waals surface area contributed by atoms with E-state index in [0.29, 0.717) is 37.2 Å². The molecule has 0 aliphatic rings. The van der Waals surface area contributed by atoms with Crippen LogP contribution >= 0.6 is 0 Å². The third-order valence-corrected chi connectivity index (χ3v) is 5.65. The lowest BCUT2D eigenvalue weighted by Crippen LogP contribution is -2.14. The Morgan fingerprint density at radius 3 is 2.22 bits per heavy atom. The first kappa shape index (κ1) is 26.2. The zero-order valence-corrected chi connectivity index (χ0v) is 18.7. The molecule has 0 radical (unpaired) electrons. The van der Waals surface area contributed by atoms with E-state index < -0.39 is 12.0 Å². The summed E-state index contributed by atoms with van der Waals surface area (Å²) in [7, 11) is 0. The van der Waals surface area contributed by atoms with Crippen LogP contribution in [0.1, 0.15) is 80.6 Å². The van der Waals surface area contributed by atoms with E-state index in [9.17, 15) is 24.1 Å². The number of aliphatic hydroxyl groups excluding tert-OH is 2. The summed E-state index contributed by atoms with van der Waals surface area (Å²) in [6.45, 7) is 0.704. The molecule has 0 amide bonds. The van der Waals surface area contributed by atoms with Crippen molar-refractivity contribution in [3.8, 4) is 5.75 Å². The molecule has 0 aromatic heterocycles. The summed E-state index contributed by atoms with van der Waals surface area (Å²) in [4.78, 5) is 0. The first-order valence-electron chi connectivity index (χ1n) is 11.6. The van der Waals surface area contributed by atoms with Gasteiger partial charge < -0.3 is 20.1 Å². The fourth-order valence-electron chi connectivity index (χ4n) is 3.68. The molecule has 0 aliphatic carbocycles. The van der Waals surface area contributed by atoms with Crippen molar-refractivity contribution in [3.63, 3.8) is 0 Å². The van der Waals surface area contributed by atoms with Gasteiger partial charge in [0, 0.05) is 30.8 Å². The van der Waals surface area contributed by atoms with Gasteiger partial charge in [-0.25, -0.2) is 8.78 Å². The fourth-order valence-corrected chi connectivity index (χ4v) is 3.68. The number of aliphatic hydroxyl groups is 2. The van der Waals surface area contributed by atoms with Crippen LogP contribution in [0.25, 0.3) is 0 Å². The summed E-state index contributed by atoms with van der Waals surface area (Å²) < 4.78 is 33.6. The third kappa shape index (κ3) is 9.23. The monoisotopic (exact) mass is 450 g/mol. The van der Waals surface area contributed by atoms with Crippen molar-refractivity contribution in [1.29, 1.82) is 0 Å². The van der Waals surface area contributed by atoms with Crippen molar-refractivity contribution in [3.05, 3.63) is 65.2 Å². The van der Waals surface area contributed by atoms with Gasteiger partial charge in [0.05, 0.1) is 12.7 Å². The minimum Gasteiger partial charge on any atom is -0.508 e. The van der Waals surface area contributed by atoms with E-state index in [2.05, 4.69) is 0 Å². The Balaban J connectivity index is 1.44. The molecule has 4 nitrogen and oxygen atoms in total. The van der Waals surface area contributed by atoms with Crippen molar-refractivity contribution in [2.45, 2.75) is 76.4 Å². The smallest absolute Gasteiger partial charge is 0.273 e. The predicted molar refractivity (Wildman–Crippen MR) is 122 cm³/mol. The molecule has 2 rings (SSSR count). The maximum absolute atomic E-state index is 14.0. The van der Waals surface area contributed by atoms with Crippen LogP contribution in [0.3, 0.4) is 0 Å². The SMILES string of the molecule is OCc1cc(C(O)CCCCCCCCOCCCC(F)(F)c2ccccc2)ccc1O.